The molecule has 1 aromatic carbocycles. The van der Waals surface area contributed by atoms with Crippen LogP contribution in [-0.4, -0.2) is 6.54 Å². The van der Waals surface area contributed by atoms with Gasteiger partial charge in [0.1, 0.15) is 6.07 Å². The van der Waals surface area contributed by atoms with Crippen molar-refractivity contribution in [3.63, 3.8) is 0 Å². The zero-order chi connectivity index (χ0) is 13.0. The summed E-state index contributed by atoms with van der Waals surface area (Å²) in [5, 5.41) is 11.9. The van der Waals surface area contributed by atoms with E-state index in [9.17, 15) is 4.39 Å². The summed E-state index contributed by atoms with van der Waals surface area (Å²) in [7, 11) is 0. The summed E-state index contributed by atoms with van der Waals surface area (Å²) in [6, 6.07) is 5.17. The molecule has 0 aliphatic heterocycles. The number of nitrogens with zero attached hydrogens (tertiary/aromatic N) is 1. The van der Waals surface area contributed by atoms with Gasteiger partial charge in [-0.1, -0.05) is 11.6 Å². The van der Waals surface area contributed by atoms with Crippen LogP contribution in [0.15, 0.2) is 28.3 Å². The molecule has 94 valence electrons. The molecule has 0 radical (unpaired) electrons. The minimum atomic E-state index is -0.394. The van der Waals surface area contributed by atoms with E-state index in [1.54, 1.807) is 12.1 Å². The van der Waals surface area contributed by atoms with Crippen LogP contribution < -0.4 is 5.32 Å². The van der Waals surface area contributed by atoms with Crippen LogP contribution in [0.25, 0.3) is 0 Å². The molecule has 0 saturated heterocycles. The van der Waals surface area contributed by atoms with Crippen LogP contribution in [0.3, 0.4) is 0 Å². The largest absolute Gasteiger partial charge is 0.382 e. The van der Waals surface area contributed by atoms with Gasteiger partial charge in [0.15, 0.2) is 5.82 Å². The molecule has 0 atom stereocenters. The fourth-order valence-electron chi connectivity index (χ4n) is 2.09. The Bertz CT molecular complexity index is 517. The Morgan fingerprint density at radius 3 is 2.94 bits per heavy atom. The first-order valence-corrected chi connectivity index (χ1v) is 6.81. The van der Waals surface area contributed by atoms with E-state index in [1.165, 1.54) is 24.8 Å². The highest BCUT2D eigenvalue weighted by atomic mass is 79.9. The summed E-state index contributed by atoms with van der Waals surface area (Å²) >= 11 is 3.10. The zero-order valence-corrected chi connectivity index (χ0v) is 11.6. The van der Waals surface area contributed by atoms with Crippen molar-refractivity contribution in [2.75, 3.05) is 11.9 Å². The Balaban J connectivity index is 1.97. The highest BCUT2D eigenvalue weighted by Crippen LogP contribution is 2.27. The van der Waals surface area contributed by atoms with Crippen LogP contribution in [0.2, 0.25) is 0 Å². The predicted octanol–water partition coefficient (Wildman–Crippen LogP) is 4.37. The fraction of sp³-hybridized carbons (Fsp3) is 0.357. The van der Waals surface area contributed by atoms with Crippen LogP contribution in [0, 0.1) is 17.1 Å². The number of nitriles is 1. The van der Waals surface area contributed by atoms with E-state index >= 15 is 0 Å². The molecule has 0 heterocycles. The SMILES string of the molecule is N#Cc1ccc(NCCC2=CCCC2)c(F)c1Br. The smallest absolute Gasteiger partial charge is 0.161 e. The Morgan fingerprint density at radius 2 is 2.28 bits per heavy atom. The highest BCUT2D eigenvalue weighted by Gasteiger charge is 2.11. The Labute approximate surface area is 115 Å². The van der Waals surface area contributed by atoms with Crippen molar-refractivity contribution in [2.45, 2.75) is 25.7 Å². The number of halogens is 2. The van der Waals surface area contributed by atoms with E-state index in [0.717, 1.165) is 13.0 Å². The molecule has 0 aromatic heterocycles. The van der Waals surface area contributed by atoms with Crippen molar-refractivity contribution < 1.29 is 4.39 Å². The van der Waals surface area contributed by atoms with Crippen LogP contribution in [0.4, 0.5) is 10.1 Å². The van der Waals surface area contributed by atoms with Crippen LogP contribution in [0.5, 0.6) is 0 Å². The fourth-order valence-corrected chi connectivity index (χ4v) is 2.53. The van der Waals surface area contributed by atoms with Gasteiger partial charge in [-0.15, -0.1) is 0 Å². The molecule has 1 aliphatic rings. The molecule has 0 saturated carbocycles. The van der Waals surface area contributed by atoms with Crippen molar-refractivity contribution in [1.29, 1.82) is 5.26 Å². The topological polar surface area (TPSA) is 35.8 Å². The first-order chi connectivity index (χ1) is 8.72. The lowest BCUT2D eigenvalue weighted by Crippen LogP contribution is -2.05. The maximum absolute atomic E-state index is 13.9. The van der Waals surface area contributed by atoms with Gasteiger partial charge in [-0.3, -0.25) is 0 Å². The third kappa shape index (κ3) is 2.91. The minimum Gasteiger partial charge on any atom is -0.382 e. The minimum absolute atomic E-state index is 0.232. The molecule has 0 bridgehead atoms. The van der Waals surface area contributed by atoms with E-state index in [0.29, 0.717) is 11.3 Å². The molecule has 0 spiro atoms. The summed E-state index contributed by atoms with van der Waals surface area (Å²) < 4.78 is 14.1. The lowest BCUT2D eigenvalue weighted by atomic mass is 10.1. The molecule has 0 unspecified atom stereocenters. The third-order valence-corrected chi connectivity index (χ3v) is 3.87. The lowest BCUT2D eigenvalue weighted by molar-refractivity contribution is 0.623. The summed E-state index contributed by atoms with van der Waals surface area (Å²) in [4.78, 5) is 0. The molecule has 1 aliphatic carbocycles. The van der Waals surface area contributed by atoms with Gasteiger partial charge >= 0.3 is 0 Å². The van der Waals surface area contributed by atoms with Gasteiger partial charge in [0.2, 0.25) is 0 Å². The Hall–Kier alpha value is -1.34. The summed E-state index contributed by atoms with van der Waals surface area (Å²) in [6.07, 6.45) is 6.81. The van der Waals surface area contributed by atoms with Gasteiger partial charge in [-0.05, 0) is 53.7 Å². The number of nitrogens with one attached hydrogen (secondary N) is 1. The average Bonchev–Trinajstić information content (AvgIpc) is 2.88. The number of allylic oxidation sites excluding steroid dienone is 1. The normalized spacial score (nSPS) is 14.2. The van der Waals surface area contributed by atoms with Crippen molar-refractivity contribution in [2.24, 2.45) is 0 Å². The quantitative estimate of drug-likeness (QED) is 0.838. The van der Waals surface area contributed by atoms with Gasteiger partial charge in [-0.25, -0.2) is 4.39 Å². The zero-order valence-electron chi connectivity index (χ0n) is 9.97. The number of benzene rings is 1. The molecular weight excluding hydrogens is 295 g/mol. The van der Waals surface area contributed by atoms with Gasteiger partial charge < -0.3 is 5.32 Å². The second kappa shape index (κ2) is 6.01. The van der Waals surface area contributed by atoms with Crippen molar-refractivity contribution in [3.8, 4) is 6.07 Å². The van der Waals surface area contributed by atoms with E-state index < -0.39 is 5.82 Å². The molecular formula is C14H14BrFN2. The maximum atomic E-state index is 13.9. The van der Waals surface area contributed by atoms with E-state index in [-0.39, 0.29) is 4.47 Å². The van der Waals surface area contributed by atoms with E-state index in [4.69, 9.17) is 5.26 Å². The summed E-state index contributed by atoms with van der Waals surface area (Å²) in [6.45, 7) is 0.723. The number of hydrogen-bond acceptors (Lipinski definition) is 2. The summed E-state index contributed by atoms with van der Waals surface area (Å²) in [5.41, 5.74) is 2.21. The molecule has 4 heteroatoms. The van der Waals surface area contributed by atoms with Crippen molar-refractivity contribution in [3.05, 3.63) is 39.6 Å². The monoisotopic (exact) mass is 308 g/mol. The first-order valence-electron chi connectivity index (χ1n) is 6.02. The molecule has 1 N–H and O–H groups in total. The standard InChI is InChI=1S/C14H14BrFN2/c15-13-11(9-17)5-6-12(14(13)16)18-8-7-10-3-1-2-4-10/h3,5-6,18H,1-2,4,7-8H2. The van der Waals surface area contributed by atoms with Crippen LogP contribution >= 0.6 is 15.9 Å². The molecule has 1 aromatic rings. The number of hydrogen-bond donors (Lipinski definition) is 1. The van der Waals surface area contributed by atoms with Gasteiger partial charge in [0, 0.05) is 6.54 Å². The molecule has 2 nitrogen and oxygen atoms in total. The van der Waals surface area contributed by atoms with Gasteiger partial charge in [-0.2, -0.15) is 5.26 Å². The number of anilines is 1. The summed E-state index contributed by atoms with van der Waals surface area (Å²) in [5.74, 6) is -0.394. The van der Waals surface area contributed by atoms with Crippen LogP contribution in [0.1, 0.15) is 31.2 Å². The molecule has 0 fully saturated rings. The van der Waals surface area contributed by atoms with Crippen molar-refractivity contribution in [1.82, 2.24) is 0 Å². The molecule has 18 heavy (non-hydrogen) atoms. The highest BCUT2D eigenvalue weighted by molar-refractivity contribution is 9.10. The second-order valence-electron chi connectivity index (χ2n) is 4.33. The third-order valence-electron chi connectivity index (χ3n) is 3.10. The Morgan fingerprint density at radius 1 is 1.44 bits per heavy atom. The van der Waals surface area contributed by atoms with Gasteiger partial charge in [0.05, 0.1) is 15.7 Å². The average molecular weight is 309 g/mol. The van der Waals surface area contributed by atoms with Crippen LogP contribution in [-0.2, 0) is 0 Å². The van der Waals surface area contributed by atoms with Crippen molar-refractivity contribution >= 4 is 21.6 Å². The van der Waals surface area contributed by atoms with E-state index in [1.807, 2.05) is 6.07 Å². The van der Waals surface area contributed by atoms with Gasteiger partial charge in [0.25, 0.3) is 0 Å². The first kappa shape index (κ1) is 13.1. The molecule has 0 amide bonds. The number of rotatable bonds is 4. The van der Waals surface area contributed by atoms with E-state index in [2.05, 4.69) is 27.3 Å². The maximum Gasteiger partial charge on any atom is 0.161 e. The second-order valence-corrected chi connectivity index (χ2v) is 5.12. The predicted molar refractivity (Wildman–Crippen MR) is 73.9 cm³/mol. The Kier molecular flexibility index (Phi) is 4.38. The lowest BCUT2D eigenvalue weighted by Gasteiger charge is -2.09. The molecule has 2 rings (SSSR count).